The van der Waals surface area contributed by atoms with Crippen LogP contribution in [0.15, 0.2) is 35.4 Å². The summed E-state index contributed by atoms with van der Waals surface area (Å²) in [7, 11) is -2.85. The summed E-state index contributed by atoms with van der Waals surface area (Å²) in [6, 6.07) is 3.60. The lowest BCUT2D eigenvalue weighted by atomic mass is 10.2. The summed E-state index contributed by atoms with van der Waals surface area (Å²) in [6.45, 7) is 1.26. The predicted molar refractivity (Wildman–Crippen MR) is 92.3 cm³/mol. The fraction of sp³-hybridized carbons (Fsp3) is 0.235. The van der Waals surface area contributed by atoms with E-state index < -0.39 is 55.1 Å². The second-order valence-electron chi connectivity index (χ2n) is 5.97. The maximum absolute atomic E-state index is 14.1. The minimum absolute atomic E-state index is 0.261. The molecule has 0 aliphatic carbocycles. The second-order valence-corrected chi connectivity index (χ2v) is 8.22. The molecule has 29 heavy (non-hydrogen) atoms. The van der Waals surface area contributed by atoms with E-state index in [1.54, 1.807) is 0 Å². The van der Waals surface area contributed by atoms with Crippen LogP contribution in [-0.2, 0) is 23.1 Å². The van der Waals surface area contributed by atoms with E-state index in [-0.39, 0.29) is 11.6 Å². The highest BCUT2D eigenvalue weighted by Gasteiger charge is 2.34. The normalized spacial score (nSPS) is 12.4. The Hall–Kier alpha value is -2.89. The third-order valence-electron chi connectivity index (χ3n) is 4.17. The average Bonchev–Trinajstić information content (AvgIpc) is 3.01. The standard InChI is InChI=1S/C17H13F5N4O2S/c1-3-29(27,28)12-7-9(17(20,21)22)8-23-14(12)16-25-24-15(26(16)2)13-10(18)5-4-6-11(13)19/h4-8H,3H2,1-2H3. The summed E-state index contributed by atoms with van der Waals surface area (Å²) in [5.41, 5.74) is -2.17. The lowest BCUT2D eigenvalue weighted by Gasteiger charge is -2.12. The Morgan fingerprint density at radius 2 is 1.66 bits per heavy atom. The third kappa shape index (κ3) is 3.71. The van der Waals surface area contributed by atoms with Gasteiger partial charge in [0.2, 0.25) is 0 Å². The molecule has 3 aromatic rings. The van der Waals surface area contributed by atoms with Crippen molar-refractivity contribution >= 4 is 9.84 Å². The Labute approximate surface area is 162 Å². The number of rotatable bonds is 4. The molecule has 0 aliphatic heterocycles. The van der Waals surface area contributed by atoms with Crippen LogP contribution in [0.4, 0.5) is 22.0 Å². The van der Waals surface area contributed by atoms with Crippen LogP contribution in [0, 0.1) is 11.6 Å². The van der Waals surface area contributed by atoms with Crippen molar-refractivity contribution in [2.24, 2.45) is 7.05 Å². The first kappa shape index (κ1) is 20.8. The molecule has 0 saturated carbocycles. The van der Waals surface area contributed by atoms with Crippen LogP contribution in [0.3, 0.4) is 0 Å². The van der Waals surface area contributed by atoms with Crippen molar-refractivity contribution in [2.45, 2.75) is 18.0 Å². The van der Waals surface area contributed by atoms with Gasteiger partial charge in [0.05, 0.1) is 21.8 Å². The zero-order valence-electron chi connectivity index (χ0n) is 15.0. The van der Waals surface area contributed by atoms with Crippen molar-refractivity contribution in [1.82, 2.24) is 19.7 Å². The summed E-state index contributed by atoms with van der Waals surface area (Å²) in [4.78, 5) is 2.93. The van der Waals surface area contributed by atoms with E-state index in [9.17, 15) is 30.4 Å². The van der Waals surface area contributed by atoms with Gasteiger partial charge in [-0.15, -0.1) is 10.2 Å². The van der Waals surface area contributed by atoms with Gasteiger partial charge in [0, 0.05) is 13.2 Å². The monoisotopic (exact) mass is 432 g/mol. The molecule has 0 bridgehead atoms. The zero-order valence-corrected chi connectivity index (χ0v) is 15.8. The molecule has 0 aliphatic rings. The van der Waals surface area contributed by atoms with Gasteiger partial charge < -0.3 is 4.57 Å². The molecule has 0 saturated heterocycles. The van der Waals surface area contributed by atoms with E-state index >= 15 is 0 Å². The van der Waals surface area contributed by atoms with Gasteiger partial charge in [0.15, 0.2) is 21.5 Å². The number of sulfone groups is 1. The van der Waals surface area contributed by atoms with Crippen LogP contribution in [-0.4, -0.2) is 33.9 Å². The van der Waals surface area contributed by atoms with Crippen molar-refractivity contribution in [3.8, 4) is 22.9 Å². The summed E-state index contributed by atoms with van der Waals surface area (Å²) >= 11 is 0. The Morgan fingerprint density at radius 1 is 1.07 bits per heavy atom. The quantitative estimate of drug-likeness (QED) is 0.589. The molecule has 2 heterocycles. The molecule has 0 amide bonds. The van der Waals surface area contributed by atoms with E-state index in [0.717, 1.165) is 22.8 Å². The number of aromatic nitrogens is 4. The minimum atomic E-state index is -4.81. The van der Waals surface area contributed by atoms with Crippen molar-refractivity contribution in [3.05, 3.63) is 47.7 Å². The number of halogens is 5. The first-order valence-corrected chi connectivity index (χ1v) is 9.76. The fourth-order valence-electron chi connectivity index (χ4n) is 2.62. The maximum Gasteiger partial charge on any atom is 0.417 e. The Bertz CT molecular complexity index is 1170. The largest absolute Gasteiger partial charge is 0.417 e. The highest BCUT2D eigenvalue weighted by atomic mass is 32.2. The molecular weight excluding hydrogens is 419 g/mol. The van der Waals surface area contributed by atoms with Gasteiger partial charge >= 0.3 is 6.18 Å². The average molecular weight is 432 g/mol. The first-order valence-electron chi connectivity index (χ1n) is 8.11. The van der Waals surface area contributed by atoms with Gasteiger partial charge in [0.25, 0.3) is 0 Å². The minimum Gasteiger partial charge on any atom is -0.309 e. The van der Waals surface area contributed by atoms with Crippen LogP contribution in [0.2, 0.25) is 0 Å². The highest BCUT2D eigenvalue weighted by molar-refractivity contribution is 7.91. The van der Waals surface area contributed by atoms with Crippen molar-refractivity contribution in [3.63, 3.8) is 0 Å². The summed E-state index contributed by atoms with van der Waals surface area (Å²) in [6.07, 6.45) is -4.35. The van der Waals surface area contributed by atoms with Gasteiger partial charge in [-0.2, -0.15) is 13.2 Å². The summed E-state index contributed by atoms with van der Waals surface area (Å²) in [5, 5.41) is 7.40. The van der Waals surface area contributed by atoms with Crippen LogP contribution >= 0.6 is 0 Å². The van der Waals surface area contributed by atoms with Gasteiger partial charge in [0.1, 0.15) is 17.3 Å². The number of benzene rings is 1. The molecule has 0 N–H and O–H groups in total. The molecule has 0 spiro atoms. The summed E-state index contributed by atoms with van der Waals surface area (Å²) in [5.74, 6) is -2.90. The van der Waals surface area contributed by atoms with Crippen LogP contribution in [0.25, 0.3) is 22.9 Å². The number of alkyl halides is 3. The molecule has 0 fully saturated rings. The predicted octanol–water partition coefficient (Wildman–Crippen LogP) is 3.63. The third-order valence-corrected chi connectivity index (χ3v) is 5.91. The van der Waals surface area contributed by atoms with Gasteiger partial charge in [-0.05, 0) is 18.2 Å². The molecule has 2 aromatic heterocycles. The number of nitrogens with zero attached hydrogens (tertiary/aromatic N) is 4. The highest BCUT2D eigenvalue weighted by Crippen LogP contribution is 2.35. The Kier molecular flexibility index (Phi) is 5.15. The fourth-order valence-corrected chi connectivity index (χ4v) is 3.68. The van der Waals surface area contributed by atoms with E-state index in [4.69, 9.17) is 0 Å². The van der Waals surface area contributed by atoms with Crippen molar-refractivity contribution < 1.29 is 30.4 Å². The molecule has 3 rings (SSSR count). The Balaban J connectivity index is 2.26. The topological polar surface area (TPSA) is 77.7 Å². The van der Waals surface area contributed by atoms with E-state index in [0.29, 0.717) is 12.3 Å². The lowest BCUT2D eigenvalue weighted by molar-refractivity contribution is -0.138. The van der Waals surface area contributed by atoms with Gasteiger partial charge in [-0.25, -0.2) is 17.2 Å². The number of hydrogen-bond acceptors (Lipinski definition) is 5. The molecule has 0 unspecified atom stereocenters. The molecule has 12 heteroatoms. The smallest absolute Gasteiger partial charge is 0.309 e. The van der Waals surface area contributed by atoms with Gasteiger partial charge in [-0.3, -0.25) is 4.98 Å². The zero-order chi connectivity index (χ0) is 21.6. The van der Waals surface area contributed by atoms with Crippen molar-refractivity contribution in [1.29, 1.82) is 0 Å². The summed E-state index contributed by atoms with van der Waals surface area (Å²) < 4.78 is 93.1. The SMILES string of the molecule is CCS(=O)(=O)c1cc(C(F)(F)F)cnc1-c1nnc(-c2c(F)cccc2F)n1C. The first-order chi connectivity index (χ1) is 13.5. The molecule has 6 nitrogen and oxygen atoms in total. The van der Waals surface area contributed by atoms with Gasteiger partial charge in [-0.1, -0.05) is 13.0 Å². The maximum atomic E-state index is 14.1. The van der Waals surface area contributed by atoms with E-state index in [1.807, 2.05) is 0 Å². The lowest BCUT2D eigenvalue weighted by Crippen LogP contribution is -2.13. The number of pyridine rings is 1. The van der Waals surface area contributed by atoms with Crippen LogP contribution in [0.5, 0.6) is 0 Å². The second kappa shape index (κ2) is 7.17. The molecule has 154 valence electrons. The molecular formula is C17H13F5N4O2S. The van der Waals surface area contributed by atoms with Crippen LogP contribution < -0.4 is 0 Å². The van der Waals surface area contributed by atoms with Crippen LogP contribution in [0.1, 0.15) is 12.5 Å². The van der Waals surface area contributed by atoms with E-state index in [1.165, 1.54) is 14.0 Å². The molecule has 0 radical (unpaired) electrons. The molecule has 1 aromatic carbocycles. The van der Waals surface area contributed by atoms with Crippen molar-refractivity contribution in [2.75, 3.05) is 5.75 Å². The molecule has 0 atom stereocenters. The number of hydrogen-bond donors (Lipinski definition) is 0. The Morgan fingerprint density at radius 3 is 2.21 bits per heavy atom. The van der Waals surface area contributed by atoms with E-state index in [2.05, 4.69) is 15.2 Å².